The molecule has 2 aromatic rings. The second-order valence-electron chi connectivity index (χ2n) is 5.35. The molecule has 1 aromatic heterocycles. The smallest absolute Gasteiger partial charge is 0.320 e. The number of carboxylic acid groups (broad SMARTS) is 1. The Hall–Kier alpha value is -2.71. The second kappa shape index (κ2) is 9.69. The van der Waals surface area contributed by atoms with E-state index >= 15 is 0 Å². The average molecular weight is 372 g/mol. The molecule has 1 aromatic carbocycles. The van der Waals surface area contributed by atoms with E-state index in [1.807, 2.05) is 18.2 Å². The van der Waals surface area contributed by atoms with Crippen molar-refractivity contribution < 1.29 is 9.90 Å². The molecular formula is C18H20N4O3S. The number of para-hydroxylation sites is 1. The number of hydrogen-bond donors (Lipinski definition) is 3. The quantitative estimate of drug-likeness (QED) is 0.282. The molecule has 0 aliphatic carbocycles. The van der Waals surface area contributed by atoms with Gasteiger partial charge in [-0.1, -0.05) is 42.1 Å². The molecule has 0 saturated heterocycles. The minimum absolute atomic E-state index is 0.152. The molecule has 26 heavy (non-hydrogen) atoms. The Morgan fingerprint density at radius 1 is 1.42 bits per heavy atom. The van der Waals surface area contributed by atoms with Crippen molar-refractivity contribution in [2.45, 2.75) is 17.6 Å². The molecule has 1 heterocycles. The lowest BCUT2D eigenvalue weighted by Gasteiger charge is -2.04. The van der Waals surface area contributed by atoms with Crippen molar-refractivity contribution >= 4 is 34.3 Å². The van der Waals surface area contributed by atoms with Crippen molar-refractivity contribution in [3.05, 3.63) is 58.9 Å². The number of benzene rings is 1. The maximum atomic E-state index is 12.0. The van der Waals surface area contributed by atoms with Crippen LogP contribution >= 0.6 is 11.8 Å². The molecule has 1 unspecified atom stereocenters. The van der Waals surface area contributed by atoms with Crippen LogP contribution in [0.4, 0.5) is 0 Å². The number of nitrogens with two attached hydrogens (primary N) is 1. The van der Waals surface area contributed by atoms with Crippen molar-refractivity contribution in [3.8, 4) is 0 Å². The molecule has 8 heteroatoms. The number of nitrogens with zero attached hydrogens (tertiary/aromatic N) is 2. The van der Waals surface area contributed by atoms with Gasteiger partial charge >= 0.3 is 5.97 Å². The normalized spacial score (nSPS) is 13.7. The van der Waals surface area contributed by atoms with Gasteiger partial charge in [0.2, 0.25) is 0 Å². The third kappa shape index (κ3) is 5.68. The van der Waals surface area contributed by atoms with Crippen molar-refractivity contribution in [1.82, 2.24) is 9.97 Å². The fraction of sp³-hybridized carbons (Fsp3) is 0.222. The number of hydrogen-bond acceptors (Lipinski definition) is 6. The standard InChI is InChI=1S/C18H20N4O3S/c1-20-12(11-14(19)17(24)25)7-3-2-6-10-26-18-21-15-9-5-4-8-13(15)16(23)22-18/h2-9,14H,10-11,19H2,1H3,(H,24,25)(H,21,22,23)/b6-2+,7-3-,20-12?. The fourth-order valence-electron chi connectivity index (χ4n) is 2.11. The van der Waals surface area contributed by atoms with Crippen LogP contribution in [-0.2, 0) is 4.79 Å². The highest BCUT2D eigenvalue weighted by Gasteiger charge is 2.12. The molecule has 0 aliphatic rings. The Morgan fingerprint density at radius 2 is 2.19 bits per heavy atom. The number of aliphatic carboxylic acids is 1. The first-order chi connectivity index (χ1) is 12.5. The average Bonchev–Trinajstić information content (AvgIpc) is 2.63. The van der Waals surface area contributed by atoms with Gasteiger partial charge < -0.3 is 15.8 Å². The van der Waals surface area contributed by atoms with E-state index in [1.165, 1.54) is 11.8 Å². The van der Waals surface area contributed by atoms with Crippen LogP contribution in [0, 0.1) is 0 Å². The lowest BCUT2D eigenvalue weighted by molar-refractivity contribution is -0.138. The molecule has 0 spiro atoms. The van der Waals surface area contributed by atoms with E-state index in [-0.39, 0.29) is 12.0 Å². The number of carbonyl (C=O) groups is 1. The lowest BCUT2D eigenvalue weighted by Crippen LogP contribution is -2.32. The van der Waals surface area contributed by atoms with Gasteiger partial charge in [-0.2, -0.15) is 0 Å². The summed E-state index contributed by atoms with van der Waals surface area (Å²) in [5.74, 6) is -0.429. The SMILES string of the molecule is CN=C(/C=C\C=C\CSc1nc2ccccc2c(=O)[nH]1)CC(N)C(=O)O. The number of thioether (sulfide) groups is 1. The van der Waals surface area contributed by atoms with Gasteiger partial charge in [-0.25, -0.2) is 4.98 Å². The van der Waals surface area contributed by atoms with E-state index in [1.54, 1.807) is 37.4 Å². The first-order valence-corrected chi connectivity index (χ1v) is 8.89. The lowest BCUT2D eigenvalue weighted by atomic mass is 10.1. The molecule has 7 nitrogen and oxygen atoms in total. The van der Waals surface area contributed by atoms with Crippen LogP contribution in [0.25, 0.3) is 10.9 Å². The van der Waals surface area contributed by atoms with Crippen LogP contribution < -0.4 is 11.3 Å². The van der Waals surface area contributed by atoms with Gasteiger partial charge in [-0.3, -0.25) is 14.6 Å². The number of aliphatic imine (C=N–C) groups is 1. The predicted molar refractivity (Wildman–Crippen MR) is 105 cm³/mol. The van der Waals surface area contributed by atoms with Crippen molar-refractivity contribution in [1.29, 1.82) is 0 Å². The first-order valence-electron chi connectivity index (χ1n) is 7.90. The largest absolute Gasteiger partial charge is 0.480 e. The Kier molecular flexibility index (Phi) is 7.31. The molecule has 0 aliphatic heterocycles. The van der Waals surface area contributed by atoms with E-state index in [9.17, 15) is 9.59 Å². The third-order valence-electron chi connectivity index (χ3n) is 3.48. The summed E-state index contributed by atoms with van der Waals surface area (Å²) in [7, 11) is 1.59. The Morgan fingerprint density at radius 3 is 2.92 bits per heavy atom. The van der Waals surface area contributed by atoms with Crippen LogP contribution in [0.2, 0.25) is 0 Å². The molecule has 1 atom stereocenters. The summed E-state index contributed by atoms with van der Waals surface area (Å²) >= 11 is 1.41. The molecule has 2 rings (SSSR count). The monoisotopic (exact) mass is 372 g/mol. The van der Waals surface area contributed by atoms with Gasteiger partial charge in [0.15, 0.2) is 5.16 Å². The van der Waals surface area contributed by atoms with E-state index in [4.69, 9.17) is 10.8 Å². The summed E-state index contributed by atoms with van der Waals surface area (Å²) in [6.07, 6.45) is 7.39. The minimum atomic E-state index is -1.05. The van der Waals surface area contributed by atoms with Crippen molar-refractivity contribution in [2.75, 3.05) is 12.8 Å². The van der Waals surface area contributed by atoms with E-state index < -0.39 is 12.0 Å². The second-order valence-corrected chi connectivity index (χ2v) is 6.36. The number of nitrogens with one attached hydrogen (secondary N) is 1. The number of aromatic amines is 1. The molecule has 0 saturated carbocycles. The summed E-state index contributed by atoms with van der Waals surface area (Å²) in [6, 6.07) is 6.23. The van der Waals surface area contributed by atoms with Crippen LogP contribution in [0.15, 0.2) is 63.5 Å². The van der Waals surface area contributed by atoms with Gasteiger partial charge in [-0.05, 0) is 18.2 Å². The van der Waals surface area contributed by atoms with Gasteiger partial charge in [0.05, 0.1) is 10.9 Å². The predicted octanol–water partition coefficient (Wildman–Crippen LogP) is 2.00. The van der Waals surface area contributed by atoms with Gasteiger partial charge in [0.1, 0.15) is 6.04 Å². The highest BCUT2D eigenvalue weighted by molar-refractivity contribution is 7.99. The van der Waals surface area contributed by atoms with Crippen LogP contribution in [-0.4, -0.2) is 45.6 Å². The Labute approximate surface area is 154 Å². The zero-order chi connectivity index (χ0) is 18.9. The van der Waals surface area contributed by atoms with Crippen LogP contribution in [0.3, 0.4) is 0 Å². The van der Waals surface area contributed by atoms with E-state index in [2.05, 4.69) is 15.0 Å². The van der Waals surface area contributed by atoms with Gasteiger partial charge in [0, 0.05) is 24.9 Å². The summed E-state index contributed by atoms with van der Waals surface area (Å²) < 4.78 is 0. The zero-order valence-corrected chi connectivity index (χ0v) is 15.1. The molecule has 0 bridgehead atoms. The van der Waals surface area contributed by atoms with E-state index in [0.717, 1.165) is 0 Å². The number of H-pyrrole nitrogens is 1. The summed E-state index contributed by atoms with van der Waals surface area (Å²) in [5, 5.41) is 9.94. The Bertz CT molecular complexity index is 918. The summed E-state index contributed by atoms with van der Waals surface area (Å²) in [5.41, 5.74) is 6.61. The van der Waals surface area contributed by atoms with Gasteiger partial charge in [0.25, 0.3) is 5.56 Å². The maximum absolute atomic E-state index is 12.0. The molecule has 136 valence electrons. The molecule has 0 amide bonds. The number of rotatable bonds is 8. The molecular weight excluding hydrogens is 352 g/mol. The van der Waals surface area contributed by atoms with Crippen molar-refractivity contribution in [2.24, 2.45) is 10.7 Å². The highest BCUT2D eigenvalue weighted by Crippen LogP contribution is 2.14. The van der Waals surface area contributed by atoms with E-state index in [0.29, 0.717) is 27.5 Å². The summed E-state index contributed by atoms with van der Waals surface area (Å²) in [6.45, 7) is 0. The fourth-order valence-corrected chi connectivity index (χ4v) is 2.80. The molecule has 4 N–H and O–H groups in total. The third-order valence-corrected chi connectivity index (χ3v) is 4.30. The number of carboxylic acids is 1. The summed E-state index contributed by atoms with van der Waals surface area (Å²) in [4.78, 5) is 33.9. The maximum Gasteiger partial charge on any atom is 0.320 e. The number of allylic oxidation sites excluding steroid dienone is 3. The van der Waals surface area contributed by atoms with Crippen molar-refractivity contribution in [3.63, 3.8) is 0 Å². The number of fused-ring (bicyclic) bond motifs is 1. The topological polar surface area (TPSA) is 121 Å². The molecule has 0 fully saturated rings. The Balaban J connectivity index is 1.89. The minimum Gasteiger partial charge on any atom is -0.480 e. The first kappa shape index (κ1) is 19.6. The highest BCUT2D eigenvalue weighted by atomic mass is 32.2. The number of aromatic nitrogens is 2. The van der Waals surface area contributed by atoms with Crippen LogP contribution in [0.1, 0.15) is 6.42 Å². The van der Waals surface area contributed by atoms with Gasteiger partial charge in [-0.15, -0.1) is 0 Å². The molecule has 0 radical (unpaired) electrons. The van der Waals surface area contributed by atoms with Crippen LogP contribution in [0.5, 0.6) is 0 Å². The zero-order valence-electron chi connectivity index (χ0n) is 14.3.